The molecule has 0 saturated heterocycles. The fourth-order valence-corrected chi connectivity index (χ4v) is 2.07. The molecule has 1 aromatic heterocycles. The van der Waals surface area contributed by atoms with Gasteiger partial charge in [0, 0.05) is 17.1 Å². The van der Waals surface area contributed by atoms with Crippen LogP contribution in [-0.4, -0.2) is 36.2 Å². The van der Waals surface area contributed by atoms with Crippen molar-refractivity contribution >= 4 is 17.5 Å². The van der Waals surface area contributed by atoms with Gasteiger partial charge in [0.25, 0.3) is 5.91 Å². The minimum atomic E-state index is -0.134. The van der Waals surface area contributed by atoms with E-state index in [0.717, 1.165) is 18.5 Å². The first-order valence-electron chi connectivity index (χ1n) is 6.44. The van der Waals surface area contributed by atoms with Crippen molar-refractivity contribution in [3.05, 3.63) is 41.0 Å². The maximum Gasteiger partial charge on any atom is 0.255 e. The van der Waals surface area contributed by atoms with E-state index in [9.17, 15) is 4.79 Å². The highest BCUT2D eigenvalue weighted by molar-refractivity contribution is 6.30. The molecule has 2 rings (SSSR count). The third kappa shape index (κ3) is 3.59. The Morgan fingerprint density at radius 1 is 1.40 bits per heavy atom. The van der Waals surface area contributed by atoms with Gasteiger partial charge in [-0.15, -0.1) is 0 Å². The number of amides is 1. The van der Waals surface area contributed by atoms with Crippen molar-refractivity contribution in [2.45, 2.75) is 6.42 Å². The van der Waals surface area contributed by atoms with E-state index >= 15 is 0 Å². The lowest BCUT2D eigenvalue weighted by Gasteiger charge is -2.06. The Labute approximate surface area is 122 Å². The van der Waals surface area contributed by atoms with E-state index < -0.39 is 0 Å². The van der Waals surface area contributed by atoms with Gasteiger partial charge in [0.05, 0.1) is 17.5 Å². The number of nitrogens with zero attached hydrogens (tertiary/aromatic N) is 1. The number of carbonyl (C=O) groups is 1. The smallest absolute Gasteiger partial charge is 0.255 e. The predicted octanol–water partition coefficient (Wildman–Crippen LogP) is 2.07. The van der Waals surface area contributed by atoms with Crippen molar-refractivity contribution in [1.29, 1.82) is 0 Å². The average Bonchev–Trinajstić information content (AvgIpc) is 2.93. The Morgan fingerprint density at radius 3 is 3.00 bits per heavy atom. The molecule has 0 aliphatic rings. The number of rotatable bonds is 6. The Hall–Kier alpha value is -1.85. The van der Waals surface area contributed by atoms with Crippen LogP contribution in [0.25, 0.3) is 11.3 Å². The third-order valence-electron chi connectivity index (χ3n) is 2.89. The number of carbonyl (C=O) groups excluding carboxylic acids is 1. The number of nitrogens with one attached hydrogen (secondary N) is 3. The molecule has 6 heteroatoms. The summed E-state index contributed by atoms with van der Waals surface area (Å²) >= 11 is 5.97. The highest BCUT2D eigenvalue weighted by atomic mass is 35.5. The summed E-state index contributed by atoms with van der Waals surface area (Å²) in [7, 11) is 1.88. The predicted molar refractivity (Wildman–Crippen MR) is 79.9 cm³/mol. The maximum absolute atomic E-state index is 12.1. The summed E-state index contributed by atoms with van der Waals surface area (Å²) in [5, 5.41) is 13.3. The standard InChI is InChI=1S/C14H17ClN4O/c1-16-6-3-7-17-14(20)12-9-18-19-13(12)10-4-2-5-11(15)8-10/h2,4-5,8-9,16H,3,6-7H2,1H3,(H,17,20)(H,18,19). The van der Waals surface area contributed by atoms with Crippen molar-refractivity contribution < 1.29 is 4.79 Å². The number of hydrogen-bond donors (Lipinski definition) is 3. The second-order valence-electron chi connectivity index (χ2n) is 4.38. The molecule has 5 nitrogen and oxygen atoms in total. The molecule has 2 aromatic rings. The van der Waals surface area contributed by atoms with Gasteiger partial charge >= 0.3 is 0 Å². The highest BCUT2D eigenvalue weighted by Crippen LogP contribution is 2.23. The molecule has 0 atom stereocenters. The quantitative estimate of drug-likeness (QED) is 0.714. The molecule has 0 saturated carbocycles. The Balaban J connectivity index is 2.10. The van der Waals surface area contributed by atoms with Crippen LogP contribution in [0.2, 0.25) is 5.02 Å². The van der Waals surface area contributed by atoms with E-state index in [1.807, 2.05) is 19.2 Å². The molecule has 3 N–H and O–H groups in total. The van der Waals surface area contributed by atoms with Gasteiger partial charge in [-0.3, -0.25) is 9.89 Å². The van der Waals surface area contributed by atoms with Gasteiger partial charge in [-0.05, 0) is 32.1 Å². The first kappa shape index (κ1) is 14.6. The van der Waals surface area contributed by atoms with Crippen molar-refractivity contribution in [2.75, 3.05) is 20.1 Å². The summed E-state index contributed by atoms with van der Waals surface area (Å²) in [6.07, 6.45) is 2.41. The molecular weight excluding hydrogens is 276 g/mol. The summed E-state index contributed by atoms with van der Waals surface area (Å²) < 4.78 is 0. The second kappa shape index (κ2) is 7.07. The van der Waals surface area contributed by atoms with Crippen LogP contribution in [0.3, 0.4) is 0 Å². The van der Waals surface area contributed by atoms with Crippen molar-refractivity contribution in [1.82, 2.24) is 20.8 Å². The van der Waals surface area contributed by atoms with E-state index in [0.29, 0.717) is 22.8 Å². The summed E-state index contributed by atoms with van der Waals surface area (Å²) in [6, 6.07) is 7.32. The monoisotopic (exact) mass is 292 g/mol. The van der Waals surface area contributed by atoms with Gasteiger partial charge < -0.3 is 10.6 Å². The fourth-order valence-electron chi connectivity index (χ4n) is 1.88. The van der Waals surface area contributed by atoms with Crippen molar-refractivity contribution in [2.24, 2.45) is 0 Å². The number of hydrogen-bond acceptors (Lipinski definition) is 3. The molecule has 0 unspecified atom stereocenters. The third-order valence-corrected chi connectivity index (χ3v) is 3.12. The lowest BCUT2D eigenvalue weighted by molar-refractivity contribution is 0.0954. The van der Waals surface area contributed by atoms with Gasteiger partial charge in [0.1, 0.15) is 0 Å². The second-order valence-corrected chi connectivity index (χ2v) is 4.82. The van der Waals surface area contributed by atoms with Crippen LogP contribution in [0.15, 0.2) is 30.5 Å². The number of aromatic nitrogens is 2. The van der Waals surface area contributed by atoms with Crippen molar-refractivity contribution in [3.63, 3.8) is 0 Å². The molecule has 0 fully saturated rings. The molecule has 20 heavy (non-hydrogen) atoms. The van der Waals surface area contributed by atoms with Crippen LogP contribution in [0.1, 0.15) is 16.8 Å². The number of H-pyrrole nitrogens is 1. The minimum absolute atomic E-state index is 0.134. The SMILES string of the molecule is CNCCCNC(=O)c1cn[nH]c1-c1cccc(Cl)c1. The summed E-state index contributed by atoms with van der Waals surface area (Å²) in [5.41, 5.74) is 2.05. The summed E-state index contributed by atoms with van der Waals surface area (Å²) in [6.45, 7) is 1.49. The summed E-state index contributed by atoms with van der Waals surface area (Å²) in [4.78, 5) is 12.1. The van der Waals surface area contributed by atoms with Crippen LogP contribution in [-0.2, 0) is 0 Å². The molecule has 0 spiro atoms. The molecule has 0 radical (unpaired) electrons. The molecule has 0 bridgehead atoms. The zero-order valence-corrected chi connectivity index (χ0v) is 12.0. The average molecular weight is 293 g/mol. The molecule has 1 heterocycles. The van der Waals surface area contributed by atoms with E-state index in [1.54, 1.807) is 12.1 Å². The normalized spacial score (nSPS) is 10.5. The number of benzene rings is 1. The first-order valence-corrected chi connectivity index (χ1v) is 6.82. The lowest BCUT2D eigenvalue weighted by atomic mass is 10.1. The number of halogens is 1. The highest BCUT2D eigenvalue weighted by Gasteiger charge is 2.14. The minimum Gasteiger partial charge on any atom is -0.352 e. The molecule has 106 valence electrons. The molecule has 0 aliphatic heterocycles. The fraction of sp³-hybridized carbons (Fsp3) is 0.286. The zero-order valence-electron chi connectivity index (χ0n) is 11.2. The summed E-state index contributed by atoms with van der Waals surface area (Å²) in [5.74, 6) is -0.134. The van der Waals surface area contributed by atoms with E-state index in [2.05, 4.69) is 20.8 Å². The maximum atomic E-state index is 12.1. The van der Waals surface area contributed by atoms with Crippen LogP contribution in [0.4, 0.5) is 0 Å². The van der Waals surface area contributed by atoms with E-state index in [1.165, 1.54) is 6.20 Å². The van der Waals surface area contributed by atoms with Crippen molar-refractivity contribution in [3.8, 4) is 11.3 Å². The topological polar surface area (TPSA) is 69.8 Å². The van der Waals surface area contributed by atoms with E-state index in [4.69, 9.17) is 11.6 Å². The van der Waals surface area contributed by atoms with E-state index in [-0.39, 0.29) is 5.91 Å². The van der Waals surface area contributed by atoms with Crippen LogP contribution in [0.5, 0.6) is 0 Å². The molecular formula is C14H17ClN4O. The van der Waals surface area contributed by atoms with Gasteiger partial charge in [-0.1, -0.05) is 23.7 Å². The Kier molecular flexibility index (Phi) is 5.15. The zero-order chi connectivity index (χ0) is 14.4. The Morgan fingerprint density at radius 2 is 2.25 bits per heavy atom. The van der Waals surface area contributed by atoms with Gasteiger partial charge in [-0.25, -0.2) is 0 Å². The molecule has 1 amide bonds. The van der Waals surface area contributed by atoms with Gasteiger partial charge in [0.2, 0.25) is 0 Å². The first-order chi connectivity index (χ1) is 9.72. The van der Waals surface area contributed by atoms with Crippen LogP contribution < -0.4 is 10.6 Å². The molecule has 0 aliphatic carbocycles. The number of aromatic amines is 1. The van der Waals surface area contributed by atoms with Crippen LogP contribution >= 0.6 is 11.6 Å². The van der Waals surface area contributed by atoms with Gasteiger partial charge in [0.15, 0.2) is 0 Å². The largest absolute Gasteiger partial charge is 0.352 e. The van der Waals surface area contributed by atoms with Gasteiger partial charge in [-0.2, -0.15) is 5.10 Å². The Bertz CT molecular complexity index is 582. The lowest BCUT2D eigenvalue weighted by Crippen LogP contribution is -2.26. The van der Waals surface area contributed by atoms with Crippen LogP contribution in [0, 0.1) is 0 Å². The molecule has 1 aromatic carbocycles.